The minimum Gasteiger partial charge on any atom is -0.258 e. The average molecular weight is 251 g/mol. The van der Waals surface area contributed by atoms with E-state index in [4.69, 9.17) is 0 Å². The van der Waals surface area contributed by atoms with Gasteiger partial charge in [0.05, 0.1) is 4.92 Å². The molecule has 0 N–H and O–H groups in total. The molecule has 94 valence electrons. The maximum atomic E-state index is 11.2. The molecule has 2 aliphatic rings. The SMILES string of the molecule is O=[N+]([O-])c1ccc2c3c1CCc1cccc(c1-3)CC2. The number of hydrogen-bond donors (Lipinski definition) is 0. The lowest BCUT2D eigenvalue weighted by Gasteiger charge is -2.28. The highest BCUT2D eigenvalue weighted by Crippen LogP contribution is 2.45. The molecule has 19 heavy (non-hydrogen) atoms. The van der Waals surface area contributed by atoms with E-state index in [0.717, 1.165) is 36.8 Å². The third-order valence-electron chi connectivity index (χ3n) is 4.37. The molecule has 0 bridgehead atoms. The van der Waals surface area contributed by atoms with E-state index in [1.807, 2.05) is 6.07 Å². The molecular weight excluding hydrogens is 238 g/mol. The predicted octanol–water partition coefficient (Wildman–Crippen LogP) is 3.46. The molecule has 3 nitrogen and oxygen atoms in total. The lowest BCUT2D eigenvalue weighted by Crippen LogP contribution is -2.15. The molecule has 0 spiro atoms. The third-order valence-corrected chi connectivity index (χ3v) is 4.37. The van der Waals surface area contributed by atoms with Crippen molar-refractivity contribution in [3.63, 3.8) is 0 Å². The highest BCUT2D eigenvalue weighted by atomic mass is 16.6. The second-order valence-electron chi connectivity index (χ2n) is 5.31. The van der Waals surface area contributed by atoms with Crippen LogP contribution in [-0.4, -0.2) is 4.92 Å². The van der Waals surface area contributed by atoms with Gasteiger partial charge in [0.15, 0.2) is 0 Å². The van der Waals surface area contributed by atoms with Crippen LogP contribution in [0.15, 0.2) is 30.3 Å². The zero-order valence-electron chi connectivity index (χ0n) is 10.5. The summed E-state index contributed by atoms with van der Waals surface area (Å²) in [4.78, 5) is 11.0. The molecule has 0 radical (unpaired) electrons. The van der Waals surface area contributed by atoms with Crippen molar-refractivity contribution < 1.29 is 4.92 Å². The Hall–Kier alpha value is -2.16. The number of nitro groups is 1. The minimum absolute atomic E-state index is 0.238. The fourth-order valence-corrected chi connectivity index (χ4v) is 3.55. The van der Waals surface area contributed by atoms with Gasteiger partial charge < -0.3 is 0 Å². The Bertz CT molecular complexity index is 705. The molecule has 0 aromatic heterocycles. The van der Waals surface area contributed by atoms with E-state index in [1.165, 1.54) is 22.3 Å². The summed E-state index contributed by atoms with van der Waals surface area (Å²) < 4.78 is 0. The summed E-state index contributed by atoms with van der Waals surface area (Å²) in [6, 6.07) is 10.1. The van der Waals surface area contributed by atoms with Gasteiger partial charge in [-0.1, -0.05) is 24.3 Å². The van der Waals surface area contributed by atoms with Crippen molar-refractivity contribution in [1.82, 2.24) is 0 Å². The van der Waals surface area contributed by atoms with Crippen LogP contribution in [0.3, 0.4) is 0 Å². The molecule has 3 heteroatoms. The van der Waals surface area contributed by atoms with E-state index in [9.17, 15) is 10.1 Å². The largest absolute Gasteiger partial charge is 0.273 e. The van der Waals surface area contributed by atoms with Gasteiger partial charge in [-0.2, -0.15) is 0 Å². The Morgan fingerprint density at radius 2 is 1.47 bits per heavy atom. The van der Waals surface area contributed by atoms with E-state index in [-0.39, 0.29) is 4.92 Å². The van der Waals surface area contributed by atoms with E-state index in [0.29, 0.717) is 5.69 Å². The molecule has 0 saturated heterocycles. The third kappa shape index (κ3) is 1.38. The van der Waals surface area contributed by atoms with E-state index in [1.54, 1.807) is 6.07 Å². The number of aryl methyl sites for hydroxylation is 3. The van der Waals surface area contributed by atoms with Crippen LogP contribution >= 0.6 is 0 Å². The first-order chi connectivity index (χ1) is 9.25. The summed E-state index contributed by atoms with van der Waals surface area (Å²) in [7, 11) is 0. The van der Waals surface area contributed by atoms with E-state index in [2.05, 4.69) is 18.2 Å². The van der Waals surface area contributed by atoms with Crippen LogP contribution in [-0.2, 0) is 25.7 Å². The molecule has 0 heterocycles. The van der Waals surface area contributed by atoms with Crippen LogP contribution in [0.25, 0.3) is 11.1 Å². The van der Waals surface area contributed by atoms with Crippen LogP contribution in [0.2, 0.25) is 0 Å². The van der Waals surface area contributed by atoms with Crippen LogP contribution in [0.5, 0.6) is 0 Å². The molecule has 4 rings (SSSR count). The maximum Gasteiger partial charge on any atom is 0.273 e. The highest BCUT2D eigenvalue weighted by molar-refractivity contribution is 5.83. The first kappa shape index (κ1) is 10.7. The second-order valence-corrected chi connectivity index (χ2v) is 5.31. The van der Waals surface area contributed by atoms with Crippen molar-refractivity contribution in [2.75, 3.05) is 0 Å². The van der Waals surface area contributed by atoms with Gasteiger partial charge in [-0.15, -0.1) is 0 Å². The number of benzene rings is 2. The van der Waals surface area contributed by atoms with Crippen LogP contribution in [0, 0.1) is 10.1 Å². The van der Waals surface area contributed by atoms with Crippen molar-refractivity contribution in [2.24, 2.45) is 0 Å². The molecule has 0 amide bonds. The van der Waals surface area contributed by atoms with Gasteiger partial charge in [0.2, 0.25) is 0 Å². The van der Waals surface area contributed by atoms with Gasteiger partial charge in [0.25, 0.3) is 5.69 Å². The molecule has 2 aliphatic carbocycles. The number of nitrogens with zero attached hydrogens (tertiary/aromatic N) is 1. The topological polar surface area (TPSA) is 43.1 Å². The lowest BCUT2D eigenvalue weighted by atomic mass is 9.75. The summed E-state index contributed by atoms with van der Waals surface area (Å²) in [6.45, 7) is 0. The molecule has 2 aromatic rings. The Morgan fingerprint density at radius 3 is 2.16 bits per heavy atom. The van der Waals surface area contributed by atoms with Gasteiger partial charge in [0.1, 0.15) is 0 Å². The smallest absolute Gasteiger partial charge is 0.258 e. The average Bonchev–Trinajstić information content (AvgIpc) is 2.44. The minimum atomic E-state index is -0.238. The summed E-state index contributed by atoms with van der Waals surface area (Å²) in [5, 5.41) is 11.2. The zero-order valence-corrected chi connectivity index (χ0v) is 10.5. The fourth-order valence-electron chi connectivity index (χ4n) is 3.55. The number of hydrogen-bond acceptors (Lipinski definition) is 2. The monoisotopic (exact) mass is 251 g/mol. The van der Waals surface area contributed by atoms with Gasteiger partial charge in [0, 0.05) is 11.6 Å². The molecule has 0 unspecified atom stereocenters. The van der Waals surface area contributed by atoms with Crippen molar-refractivity contribution in [3.8, 4) is 11.1 Å². The number of rotatable bonds is 1. The Balaban J connectivity index is 2.10. The van der Waals surface area contributed by atoms with E-state index >= 15 is 0 Å². The van der Waals surface area contributed by atoms with Gasteiger partial charge in [-0.3, -0.25) is 10.1 Å². The Kier molecular flexibility index (Phi) is 2.07. The van der Waals surface area contributed by atoms with Crippen molar-refractivity contribution in [3.05, 3.63) is 62.7 Å². The molecule has 0 saturated carbocycles. The van der Waals surface area contributed by atoms with Crippen LogP contribution in [0.4, 0.5) is 5.69 Å². The summed E-state index contributed by atoms with van der Waals surface area (Å²) in [5.74, 6) is 0. The highest BCUT2D eigenvalue weighted by Gasteiger charge is 2.30. The van der Waals surface area contributed by atoms with Crippen LogP contribution in [0.1, 0.15) is 22.3 Å². The first-order valence-corrected chi connectivity index (χ1v) is 6.66. The predicted molar refractivity (Wildman–Crippen MR) is 73.3 cm³/mol. The molecule has 2 aromatic carbocycles. The Labute approximate surface area is 111 Å². The van der Waals surface area contributed by atoms with Crippen LogP contribution < -0.4 is 0 Å². The summed E-state index contributed by atoms with van der Waals surface area (Å²) in [6.07, 6.45) is 3.75. The standard InChI is InChI=1S/C16H13NO2/c18-17(19)14-9-7-12-5-4-10-2-1-3-11-6-8-13(14)16(12)15(10)11/h1-3,7,9H,4-6,8H2. The van der Waals surface area contributed by atoms with Gasteiger partial charge in [-0.25, -0.2) is 0 Å². The fraction of sp³-hybridized carbons (Fsp3) is 0.250. The Morgan fingerprint density at radius 1 is 0.842 bits per heavy atom. The number of nitro benzene ring substituents is 1. The zero-order chi connectivity index (χ0) is 13.0. The van der Waals surface area contributed by atoms with Gasteiger partial charge in [-0.05, 0) is 53.5 Å². The summed E-state index contributed by atoms with van der Waals surface area (Å²) in [5.41, 5.74) is 7.67. The second kappa shape index (κ2) is 3.67. The first-order valence-electron chi connectivity index (χ1n) is 6.66. The van der Waals surface area contributed by atoms with Crippen molar-refractivity contribution >= 4 is 5.69 Å². The van der Waals surface area contributed by atoms with E-state index < -0.39 is 0 Å². The quantitative estimate of drug-likeness (QED) is 0.575. The van der Waals surface area contributed by atoms with Crippen molar-refractivity contribution in [2.45, 2.75) is 25.7 Å². The molecule has 0 fully saturated rings. The lowest BCUT2D eigenvalue weighted by molar-refractivity contribution is -0.385. The van der Waals surface area contributed by atoms with Crippen molar-refractivity contribution in [1.29, 1.82) is 0 Å². The molecule has 0 atom stereocenters. The summed E-state index contributed by atoms with van der Waals surface area (Å²) >= 11 is 0. The van der Waals surface area contributed by atoms with Gasteiger partial charge >= 0.3 is 0 Å². The molecule has 0 aliphatic heterocycles. The normalized spacial score (nSPS) is 14.9. The molecular formula is C16H13NO2. The maximum absolute atomic E-state index is 11.2.